The lowest BCUT2D eigenvalue weighted by molar-refractivity contribution is -0.133. The van der Waals surface area contributed by atoms with E-state index in [4.69, 9.17) is 4.74 Å². The number of amides is 1. The number of carbonyl (C=O) groups excluding carboxylic acids is 1. The number of aromatic amines is 1. The zero-order chi connectivity index (χ0) is 25.8. The molecular weight excluding hydrogens is 452 g/mol. The smallest absolute Gasteiger partial charge is 0.254 e. The zero-order valence-electron chi connectivity index (χ0n) is 21.8. The summed E-state index contributed by atoms with van der Waals surface area (Å²) in [6.45, 7) is 12.3. The molecule has 2 aliphatic heterocycles. The number of nitrogens with one attached hydrogen (secondary N) is 1. The molecule has 7 nitrogen and oxygen atoms in total. The zero-order valence-corrected chi connectivity index (χ0v) is 21.8. The van der Waals surface area contributed by atoms with Crippen molar-refractivity contribution in [2.24, 2.45) is 0 Å². The van der Waals surface area contributed by atoms with Crippen molar-refractivity contribution in [2.45, 2.75) is 51.2 Å². The molecule has 2 atom stereocenters. The number of H-pyrrole nitrogens is 1. The molecular formula is C29H36N4O3. The van der Waals surface area contributed by atoms with Crippen LogP contribution >= 0.6 is 0 Å². The van der Waals surface area contributed by atoms with Crippen molar-refractivity contribution in [1.29, 1.82) is 0 Å². The Kier molecular flexibility index (Phi) is 5.99. The molecule has 0 radical (unpaired) electrons. The van der Waals surface area contributed by atoms with Gasteiger partial charge in [-0.15, -0.1) is 0 Å². The summed E-state index contributed by atoms with van der Waals surface area (Å²) in [5.41, 5.74) is 3.26. The molecule has 1 amide bonds. The highest BCUT2D eigenvalue weighted by Gasteiger charge is 2.57. The first-order chi connectivity index (χ1) is 17.2. The SMILES string of the molecule is C=C1N(CCCN(C)C(C)C)C(=O)[C@]2(C)Cc3c([nH]c4ccc(OC)cc34)[C@@H](c3cccc(O)c3)N12. The van der Waals surface area contributed by atoms with Crippen LogP contribution in [0.15, 0.2) is 54.9 Å². The summed E-state index contributed by atoms with van der Waals surface area (Å²) in [4.78, 5) is 24.0. The van der Waals surface area contributed by atoms with Gasteiger partial charge in [0.15, 0.2) is 0 Å². The predicted molar refractivity (Wildman–Crippen MR) is 142 cm³/mol. The van der Waals surface area contributed by atoms with E-state index in [1.807, 2.05) is 42.2 Å². The number of rotatable bonds is 7. The lowest BCUT2D eigenvalue weighted by atomic mass is 9.81. The molecule has 0 bridgehead atoms. The van der Waals surface area contributed by atoms with Gasteiger partial charge in [-0.1, -0.05) is 18.7 Å². The number of benzene rings is 2. The van der Waals surface area contributed by atoms with Gasteiger partial charge < -0.3 is 24.6 Å². The number of aromatic nitrogens is 1. The number of hydrogen-bond donors (Lipinski definition) is 2. The van der Waals surface area contributed by atoms with Gasteiger partial charge in [-0.05, 0) is 82.2 Å². The average Bonchev–Trinajstić information content (AvgIpc) is 3.29. The summed E-state index contributed by atoms with van der Waals surface area (Å²) in [6, 6.07) is 13.5. The van der Waals surface area contributed by atoms with Gasteiger partial charge in [-0.25, -0.2) is 0 Å². The molecule has 2 N–H and O–H groups in total. The predicted octanol–water partition coefficient (Wildman–Crippen LogP) is 4.63. The maximum absolute atomic E-state index is 14.0. The first kappa shape index (κ1) is 24.3. The van der Waals surface area contributed by atoms with Crippen molar-refractivity contribution >= 4 is 16.8 Å². The highest BCUT2D eigenvalue weighted by molar-refractivity contribution is 5.94. The maximum atomic E-state index is 14.0. The molecule has 1 fully saturated rings. The average molecular weight is 489 g/mol. The van der Waals surface area contributed by atoms with E-state index < -0.39 is 5.54 Å². The molecule has 0 aliphatic carbocycles. The summed E-state index contributed by atoms with van der Waals surface area (Å²) >= 11 is 0. The summed E-state index contributed by atoms with van der Waals surface area (Å²) < 4.78 is 5.51. The molecule has 1 saturated heterocycles. The number of ether oxygens (including phenoxy) is 1. The Morgan fingerprint density at radius 1 is 1.28 bits per heavy atom. The summed E-state index contributed by atoms with van der Waals surface area (Å²) in [5.74, 6) is 1.77. The molecule has 5 rings (SSSR count). The summed E-state index contributed by atoms with van der Waals surface area (Å²) in [6.07, 6.45) is 1.43. The quantitative estimate of drug-likeness (QED) is 0.507. The van der Waals surface area contributed by atoms with E-state index in [2.05, 4.69) is 42.3 Å². The molecule has 2 aromatic carbocycles. The highest BCUT2D eigenvalue weighted by Crippen LogP contribution is 2.51. The second-order valence-corrected chi connectivity index (χ2v) is 10.5. The third-order valence-electron chi connectivity index (χ3n) is 7.99. The van der Waals surface area contributed by atoms with Crippen LogP contribution in [0.5, 0.6) is 11.5 Å². The Hall–Kier alpha value is -3.45. The minimum Gasteiger partial charge on any atom is -0.508 e. The minimum atomic E-state index is -0.789. The van der Waals surface area contributed by atoms with Crippen LogP contribution in [0.4, 0.5) is 0 Å². The molecule has 0 saturated carbocycles. The van der Waals surface area contributed by atoms with Crippen molar-refractivity contribution in [3.05, 3.63) is 71.7 Å². The molecule has 0 unspecified atom stereocenters. The van der Waals surface area contributed by atoms with Gasteiger partial charge in [0, 0.05) is 35.6 Å². The number of hydrogen-bond acceptors (Lipinski definition) is 5. The van der Waals surface area contributed by atoms with Gasteiger partial charge in [-0.3, -0.25) is 9.69 Å². The topological polar surface area (TPSA) is 72.0 Å². The van der Waals surface area contributed by atoms with Gasteiger partial charge in [0.2, 0.25) is 0 Å². The Morgan fingerprint density at radius 3 is 2.75 bits per heavy atom. The van der Waals surface area contributed by atoms with Crippen molar-refractivity contribution in [2.75, 3.05) is 27.2 Å². The largest absolute Gasteiger partial charge is 0.508 e. The standard InChI is InChI=1S/C29H36N4O3/c1-18(2)31(5)13-8-14-32-19(3)33-27(20-9-7-10-21(34)15-20)26-24(17-29(33,4)28(32)35)23-16-22(36-6)11-12-25(23)30-26/h7,9-12,15-16,18,27,30,34H,3,8,13-14,17H2,1-2,4-6H3/t27-,29+/m1/s1. The molecule has 36 heavy (non-hydrogen) atoms. The van der Waals surface area contributed by atoms with Crippen LogP contribution in [-0.2, 0) is 11.2 Å². The number of methoxy groups -OCH3 is 1. The van der Waals surface area contributed by atoms with Crippen LogP contribution in [0.3, 0.4) is 0 Å². The van der Waals surface area contributed by atoms with E-state index in [0.717, 1.165) is 46.4 Å². The second kappa shape index (κ2) is 8.89. The number of carbonyl (C=O) groups is 1. The van der Waals surface area contributed by atoms with Gasteiger partial charge in [-0.2, -0.15) is 0 Å². The third kappa shape index (κ3) is 3.73. The van der Waals surface area contributed by atoms with E-state index in [-0.39, 0.29) is 17.7 Å². The van der Waals surface area contributed by atoms with Crippen LogP contribution in [0.1, 0.15) is 50.1 Å². The van der Waals surface area contributed by atoms with Crippen LogP contribution in [-0.4, -0.2) is 69.5 Å². The monoisotopic (exact) mass is 488 g/mol. The summed E-state index contributed by atoms with van der Waals surface area (Å²) in [7, 11) is 3.78. The van der Waals surface area contributed by atoms with E-state index >= 15 is 0 Å². The minimum absolute atomic E-state index is 0.0766. The Balaban J connectivity index is 1.60. The van der Waals surface area contributed by atoms with Crippen LogP contribution in [0.25, 0.3) is 10.9 Å². The van der Waals surface area contributed by atoms with Crippen molar-refractivity contribution in [3.8, 4) is 11.5 Å². The molecule has 0 spiro atoms. The number of phenols is 1. The van der Waals surface area contributed by atoms with Crippen LogP contribution < -0.4 is 4.74 Å². The van der Waals surface area contributed by atoms with Crippen LogP contribution in [0.2, 0.25) is 0 Å². The van der Waals surface area contributed by atoms with Crippen LogP contribution in [0, 0.1) is 0 Å². The number of fused-ring (bicyclic) bond motifs is 4. The first-order valence-electron chi connectivity index (χ1n) is 12.6. The van der Waals surface area contributed by atoms with Gasteiger partial charge >= 0.3 is 0 Å². The molecule has 7 heteroatoms. The number of aromatic hydroxyl groups is 1. The first-order valence-corrected chi connectivity index (χ1v) is 12.6. The lowest BCUT2D eigenvalue weighted by Crippen LogP contribution is -2.52. The van der Waals surface area contributed by atoms with Gasteiger partial charge in [0.05, 0.1) is 13.2 Å². The summed E-state index contributed by atoms with van der Waals surface area (Å²) in [5, 5.41) is 11.4. The van der Waals surface area contributed by atoms with E-state index in [9.17, 15) is 9.90 Å². The number of phenolic OH excluding ortho intramolecular Hbond substituents is 1. The van der Waals surface area contributed by atoms with E-state index in [1.165, 1.54) is 0 Å². The fourth-order valence-electron chi connectivity index (χ4n) is 5.77. The lowest BCUT2D eigenvalue weighted by Gasteiger charge is -2.44. The molecule has 3 aromatic rings. The Labute approximate surface area is 213 Å². The molecule has 3 heterocycles. The third-order valence-corrected chi connectivity index (χ3v) is 7.99. The molecule has 2 aliphatic rings. The highest BCUT2D eigenvalue weighted by atomic mass is 16.5. The van der Waals surface area contributed by atoms with Crippen molar-refractivity contribution in [1.82, 2.24) is 19.7 Å². The maximum Gasteiger partial charge on any atom is 0.254 e. The second-order valence-electron chi connectivity index (χ2n) is 10.5. The van der Waals surface area contributed by atoms with E-state index in [0.29, 0.717) is 24.8 Å². The Morgan fingerprint density at radius 2 is 2.06 bits per heavy atom. The van der Waals surface area contributed by atoms with Crippen molar-refractivity contribution < 1.29 is 14.6 Å². The van der Waals surface area contributed by atoms with Crippen molar-refractivity contribution in [3.63, 3.8) is 0 Å². The fraction of sp³-hybridized carbons (Fsp3) is 0.414. The fourth-order valence-corrected chi connectivity index (χ4v) is 5.77. The molecule has 190 valence electrons. The number of nitrogens with zero attached hydrogens (tertiary/aromatic N) is 3. The van der Waals surface area contributed by atoms with E-state index in [1.54, 1.807) is 19.2 Å². The molecule has 1 aromatic heterocycles. The Bertz CT molecular complexity index is 1330. The van der Waals surface area contributed by atoms with Gasteiger partial charge in [0.25, 0.3) is 5.91 Å². The normalized spacial score (nSPS) is 21.6. The van der Waals surface area contributed by atoms with Gasteiger partial charge in [0.1, 0.15) is 22.9 Å².